The number of ether oxygens (including phenoxy) is 1. The first-order chi connectivity index (χ1) is 6.59. The number of benzene rings is 1. The van der Waals surface area contributed by atoms with Crippen LogP contribution in [0.1, 0.15) is 0 Å². The summed E-state index contributed by atoms with van der Waals surface area (Å²) in [6.45, 7) is 0.464. The number of hydrogen-bond acceptors (Lipinski definition) is 2. The van der Waals surface area contributed by atoms with Gasteiger partial charge < -0.3 is 10.5 Å². The molecule has 0 saturated heterocycles. The summed E-state index contributed by atoms with van der Waals surface area (Å²) in [5.41, 5.74) is 6.10. The van der Waals surface area contributed by atoms with Crippen LogP contribution in [-0.2, 0) is 0 Å². The predicted molar refractivity (Wildman–Crippen MR) is 67.3 cm³/mol. The second kappa shape index (κ2) is 5.63. The summed E-state index contributed by atoms with van der Waals surface area (Å²) in [5.74, 6) is 0.696. The molecule has 5 heteroatoms. The smallest absolute Gasteiger partial charge is 0.121 e. The fraction of sp³-hybridized carbons (Fsp3) is 0.111. The summed E-state index contributed by atoms with van der Waals surface area (Å²) in [6, 6.07) is 5.18. The van der Waals surface area contributed by atoms with Crippen LogP contribution < -0.4 is 10.5 Å². The molecule has 0 fully saturated rings. The molecule has 1 rings (SSSR count). The van der Waals surface area contributed by atoms with Gasteiger partial charge in [0.05, 0.1) is 14.1 Å². The van der Waals surface area contributed by atoms with Gasteiger partial charge in [-0.05, 0) is 50.1 Å². The summed E-state index contributed by atoms with van der Waals surface area (Å²) in [4.78, 5) is 0. The maximum absolute atomic E-state index is 5.82. The highest BCUT2D eigenvalue weighted by Gasteiger charge is 1.98. The zero-order valence-corrected chi connectivity index (χ0v) is 11.1. The van der Waals surface area contributed by atoms with Crippen LogP contribution in [-0.4, -0.2) is 6.61 Å². The largest absolute Gasteiger partial charge is 0.489 e. The monoisotopic (exact) mass is 339 g/mol. The van der Waals surface area contributed by atoms with Crippen molar-refractivity contribution in [2.24, 2.45) is 0 Å². The Bertz CT molecular complexity index is 351. The minimum Gasteiger partial charge on any atom is -0.489 e. The lowest BCUT2D eigenvalue weighted by atomic mass is 10.3. The molecule has 0 spiro atoms. The molecule has 2 N–H and O–H groups in total. The fourth-order valence-electron chi connectivity index (χ4n) is 0.799. The number of nitrogen functional groups attached to an aromatic ring is 1. The highest BCUT2D eigenvalue weighted by molar-refractivity contribution is 9.28. The van der Waals surface area contributed by atoms with Gasteiger partial charge in [0.1, 0.15) is 12.4 Å². The molecule has 76 valence electrons. The molecule has 0 aliphatic carbocycles. The molecule has 0 aliphatic heterocycles. The van der Waals surface area contributed by atoms with Crippen LogP contribution in [0.3, 0.4) is 0 Å². The Kier molecular flexibility index (Phi) is 4.78. The van der Waals surface area contributed by atoms with Crippen LogP contribution in [0.5, 0.6) is 5.75 Å². The molecule has 0 aliphatic rings. The average molecular weight is 341 g/mol. The van der Waals surface area contributed by atoms with E-state index in [0.717, 1.165) is 3.39 Å². The number of rotatable bonds is 3. The Balaban J connectivity index is 2.60. The van der Waals surface area contributed by atoms with E-state index in [2.05, 4.69) is 31.9 Å². The molecule has 0 atom stereocenters. The normalized spacial score (nSPS) is 9.64. The topological polar surface area (TPSA) is 35.2 Å². The highest BCUT2D eigenvalue weighted by atomic mass is 79.9. The fourth-order valence-corrected chi connectivity index (χ4v) is 1.23. The van der Waals surface area contributed by atoms with Gasteiger partial charge in [-0.15, -0.1) is 0 Å². The van der Waals surface area contributed by atoms with Gasteiger partial charge in [-0.3, -0.25) is 0 Å². The molecule has 1 aromatic rings. The average Bonchev–Trinajstić information content (AvgIpc) is 2.10. The number of hydrogen-bond donors (Lipinski definition) is 1. The molecule has 0 aromatic heterocycles. The van der Waals surface area contributed by atoms with Gasteiger partial charge >= 0.3 is 0 Å². The SMILES string of the molecule is Nc1ccc(OCC=C(Br)Br)cc1Cl. The summed E-state index contributed by atoms with van der Waals surface area (Å²) < 4.78 is 6.23. The highest BCUT2D eigenvalue weighted by Crippen LogP contribution is 2.24. The van der Waals surface area contributed by atoms with E-state index in [1.165, 1.54) is 0 Å². The molecule has 2 nitrogen and oxygen atoms in total. The van der Waals surface area contributed by atoms with Crippen LogP contribution in [0.15, 0.2) is 27.7 Å². The number of anilines is 1. The summed E-state index contributed by atoms with van der Waals surface area (Å²) in [5, 5.41) is 0.504. The Morgan fingerprint density at radius 1 is 1.50 bits per heavy atom. The van der Waals surface area contributed by atoms with Crippen LogP contribution in [0.4, 0.5) is 5.69 Å². The molecular weight excluding hydrogens is 333 g/mol. The summed E-state index contributed by atoms with van der Waals surface area (Å²) in [7, 11) is 0. The van der Waals surface area contributed by atoms with Gasteiger partial charge in [0.2, 0.25) is 0 Å². The minimum atomic E-state index is 0.464. The van der Waals surface area contributed by atoms with Crippen LogP contribution in [0.25, 0.3) is 0 Å². The van der Waals surface area contributed by atoms with Gasteiger partial charge in [-0.2, -0.15) is 0 Å². The molecule has 0 saturated carbocycles. The lowest BCUT2D eigenvalue weighted by molar-refractivity contribution is 0.363. The van der Waals surface area contributed by atoms with Crippen LogP contribution >= 0.6 is 43.5 Å². The zero-order valence-electron chi connectivity index (χ0n) is 7.14. The van der Waals surface area contributed by atoms with Crippen molar-refractivity contribution in [3.05, 3.63) is 32.7 Å². The maximum Gasteiger partial charge on any atom is 0.121 e. The van der Waals surface area contributed by atoms with E-state index < -0.39 is 0 Å². The van der Waals surface area contributed by atoms with Crippen molar-refractivity contribution in [3.63, 3.8) is 0 Å². The third-order valence-corrected chi connectivity index (χ3v) is 2.43. The third-order valence-electron chi connectivity index (χ3n) is 1.46. The van der Waals surface area contributed by atoms with Crippen LogP contribution in [0.2, 0.25) is 5.02 Å². The van der Waals surface area contributed by atoms with Crippen molar-refractivity contribution in [2.75, 3.05) is 12.3 Å². The van der Waals surface area contributed by atoms with E-state index in [4.69, 9.17) is 22.1 Å². The molecular formula is C9H8Br2ClNO. The molecule has 0 amide bonds. The van der Waals surface area contributed by atoms with Crippen molar-refractivity contribution >= 4 is 49.1 Å². The number of nitrogens with two attached hydrogens (primary N) is 1. The van der Waals surface area contributed by atoms with Crippen LogP contribution in [0, 0.1) is 0 Å². The van der Waals surface area contributed by atoms with E-state index in [-0.39, 0.29) is 0 Å². The first-order valence-electron chi connectivity index (χ1n) is 3.78. The molecule has 1 aromatic carbocycles. The van der Waals surface area contributed by atoms with Gasteiger partial charge in [0.15, 0.2) is 0 Å². The molecule has 0 unspecified atom stereocenters. The van der Waals surface area contributed by atoms with Gasteiger partial charge in [-0.25, -0.2) is 0 Å². The molecule has 0 radical (unpaired) electrons. The standard InChI is InChI=1S/C9H8Br2ClNO/c10-9(11)3-4-14-6-1-2-8(13)7(12)5-6/h1-3,5H,4,13H2. The summed E-state index contributed by atoms with van der Waals surface area (Å²) >= 11 is 12.3. The van der Waals surface area contributed by atoms with Crippen molar-refractivity contribution in [3.8, 4) is 5.75 Å². The van der Waals surface area contributed by atoms with E-state index in [0.29, 0.717) is 23.1 Å². The first-order valence-corrected chi connectivity index (χ1v) is 5.75. The minimum absolute atomic E-state index is 0.464. The van der Waals surface area contributed by atoms with E-state index >= 15 is 0 Å². The van der Waals surface area contributed by atoms with Gasteiger partial charge in [-0.1, -0.05) is 11.6 Å². The Labute approximate surface area is 104 Å². The lowest BCUT2D eigenvalue weighted by Gasteiger charge is -2.04. The maximum atomic E-state index is 5.82. The van der Waals surface area contributed by atoms with Gasteiger partial charge in [0.25, 0.3) is 0 Å². The van der Waals surface area contributed by atoms with Crippen molar-refractivity contribution < 1.29 is 4.74 Å². The molecule has 0 bridgehead atoms. The molecule has 0 heterocycles. The van der Waals surface area contributed by atoms with Crippen molar-refractivity contribution in [1.29, 1.82) is 0 Å². The quantitative estimate of drug-likeness (QED) is 0.846. The first kappa shape index (κ1) is 11.9. The van der Waals surface area contributed by atoms with Crippen molar-refractivity contribution in [1.82, 2.24) is 0 Å². The third kappa shape index (κ3) is 3.90. The van der Waals surface area contributed by atoms with E-state index in [1.54, 1.807) is 18.2 Å². The summed E-state index contributed by atoms with van der Waals surface area (Å²) in [6.07, 6.45) is 1.84. The second-order valence-corrected chi connectivity index (χ2v) is 5.67. The Hall–Kier alpha value is -0.190. The second-order valence-electron chi connectivity index (χ2n) is 2.49. The Morgan fingerprint density at radius 2 is 2.21 bits per heavy atom. The van der Waals surface area contributed by atoms with Crippen molar-refractivity contribution in [2.45, 2.75) is 0 Å². The van der Waals surface area contributed by atoms with Gasteiger partial charge in [0, 0.05) is 6.07 Å². The lowest BCUT2D eigenvalue weighted by Crippen LogP contribution is -1.94. The van der Waals surface area contributed by atoms with E-state index in [1.807, 2.05) is 6.08 Å². The zero-order chi connectivity index (χ0) is 10.6. The van der Waals surface area contributed by atoms with E-state index in [9.17, 15) is 0 Å². The number of halogens is 3. The Morgan fingerprint density at radius 3 is 2.79 bits per heavy atom. The predicted octanol–water partition coefficient (Wildman–Crippen LogP) is 3.93. The molecule has 14 heavy (non-hydrogen) atoms.